The maximum atomic E-state index is 12.5. The van der Waals surface area contributed by atoms with Gasteiger partial charge in [0.1, 0.15) is 6.26 Å². The molecule has 3 rings (SSSR count). The highest BCUT2D eigenvalue weighted by atomic mass is 16.6. The number of fused-ring (bicyclic) bond motifs is 1. The van der Waals surface area contributed by atoms with Crippen LogP contribution in [0.4, 0.5) is 5.69 Å². The largest absolute Gasteiger partial charge is 0.504 e. The van der Waals surface area contributed by atoms with Gasteiger partial charge in [-0.25, -0.2) is 0 Å². The van der Waals surface area contributed by atoms with Crippen LogP contribution in [0.1, 0.15) is 0 Å². The Balaban J connectivity index is 2.28. The van der Waals surface area contributed by atoms with Crippen molar-refractivity contribution in [2.75, 3.05) is 0 Å². The van der Waals surface area contributed by atoms with E-state index >= 15 is 0 Å². The Morgan fingerprint density at radius 3 is 2.43 bits per heavy atom. The Morgan fingerprint density at radius 2 is 1.74 bits per heavy atom. The molecule has 3 N–H and O–H groups in total. The van der Waals surface area contributed by atoms with Gasteiger partial charge in [-0.05, 0) is 29.8 Å². The number of rotatable bonds is 2. The average Bonchev–Trinajstić information content (AvgIpc) is 2.52. The van der Waals surface area contributed by atoms with E-state index in [2.05, 4.69) is 0 Å². The van der Waals surface area contributed by atoms with E-state index < -0.39 is 33.3 Å². The highest BCUT2D eigenvalue weighted by Gasteiger charge is 2.18. The molecule has 0 atom stereocenters. The summed E-state index contributed by atoms with van der Waals surface area (Å²) in [6.45, 7) is 0. The Hall–Kier alpha value is -3.55. The molecule has 0 aliphatic rings. The zero-order chi connectivity index (χ0) is 16.7. The summed E-state index contributed by atoms with van der Waals surface area (Å²) in [5.41, 5.74) is -1.08. The molecule has 1 aromatic heterocycles. The van der Waals surface area contributed by atoms with Gasteiger partial charge in [0.25, 0.3) is 0 Å². The minimum absolute atomic E-state index is 0.00790. The minimum atomic E-state index is -0.772. The number of hydrogen-bond donors (Lipinski definition) is 3. The Labute approximate surface area is 127 Å². The molecule has 0 fully saturated rings. The van der Waals surface area contributed by atoms with Crippen LogP contribution in [0.25, 0.3) is 22.1 Å². The van der Waals surface area contributed by atoms with Crippen molar-refractivity contribution in [1.29, 1.82) is 0 Å². The minimum Gasteiger partial charge on any atom is -0.504 e. The fourth-order valence-electron chi connectivity index (χ4n) is 2.21. The number of phenols is 3. The molecular formula is C15H9NO7. The van der Waals surface area contributed by atoms with E-state index in [-0.39, 0.29) is 22.1 Å². The van der Waals surface area contributed by atoms with E-state index in [1.165, 1.54) is 12.1 Å². The van der Waals surface area contributed by atoms with Crippen molar-refractivity contribution in [3.63, 3.8) is 0 Å². The number of nitro benzene ring substituents is 1. The summed E-state index contributed by atoms with van der Waals surface area (Å²) in [4.78, 5) is 22.6. The molecule has 2 aromatic carbocycles. The summed E-state index contributed by atoms with van der Waals surface area (Å²) in [6, 6.07) is 5.89. The smallest absolute Gasteiger partial charge is 0.311 e. The van der Waals surface area contributed by atoms with Crippen molar-refractivity contribution in [1.82, 2.24) is 0 Å². The molecule has 0 saturated carbocycles. The van der Waals surface area contributed by atoms with Crippen molar-refractivity contribution < 1.29 is 24.7 Å². The molecule has 0 radical (unpaired) electrons. The van der Waals surface area contributed by atoms with Crippen LogP contribution in [0.15, 0.2) is 45.8 Å². The standard InChI is InChI=1S/C15H9NO7/c17-11-3-1-7(5-10(11)16(21)22)9-6-23-15-8(13(9)19)2-4-12(18)14(15)20/h1-6,17-18,20H. The lowest BCUT2D eigenvalue weighted by Crippen LogP contribution is -2.05. The first-order valence-corrected chi connectivity index (χ1v) is 6.34. The highest BCUT2D eigenvalue weighted by molar-refractivity contribution is 5.88. The van der Waals surface area contributed by atoms with Gasteiger partial charge in [-0.2, -0.15) is 0 Å². The van der Waals surface area contributed by atoms with E-state index in [9.17, 15) is 30.2 Å². The lowest BCUT2D eigenvalue weighted by molar-refractivity contribution is -0.385. The monoisotopic (exact) mass is 315 g/mol. The van der Waals surface area contributed by atoms with Crippen molar-refractivity contribution in [3.8, 4) is 28.4 Å². The van der Waals surface area contributed by atoms with Crippen molar-refractivity contribution in [2.24, 2.45) is 0 Å². The lowest BCUT2D eigenvalue weighted by Gasteiger charge is -2.05. The average molecular weight is 315 g/mol. The quantitative estimate of drug-likeness (QED) is 0.375. The topological polar surface area (TPSA) is 134 Å². The molecule has 0 spiro atoms. The Morgan fingerprint density at radius 1 is 1.04 bits per heavy atom. The van der Waals surface area contributed by atoms with Crippen molar-refractivity contribution in [3.05, 3.63) is 56.9 Å². The van der Waals surface area contributed by atoms with Gasteiger partial charge < -0.3 is 19.7 Å². The molecule has 0 aliphatic carbocycles. The highest BCUT2D eigenvalue weighted by Crippen LogP contribution is 2.34. The van der Waals surface area contributed by atoms with Crippen LogP contribution in [0.2, 0.25) is 0 Å². The Kier molecular flexibility index (Phi) is 3.14. The van der Waals surface area contributed by atoms with Gasteiger partial charge in [0.05, 0.1) is 15.9 Å². The van der Waals surface area contributed by atoms with E-state index in [1.807, 2.05) is 0 Å². The summed E-state index contributed by atoms with van der Waals surface area (Å²) in [7, 11) is 0. The number of benzene rings is 2. The fraction of sp³-hybridized carbons (Fsp3) is 0. The number of nitrogens with zero attached hydrogens (tertiary/aromatic N) is 1. The Bertz CT molecular complexity index is 1010. The summed E-state index contributed by atoms with van der Waals surface area (Å²) in [5.74, 6) is -1.52. The first kappa shape index (κ1) is 14.4. The fourth-order valence-corrected chi connectivity index (χ4v) is 2.21. The van der Waals surface area contributed by atoms with Crippen LogP contribution in [0, 0.1) is 10.1 Å². The number of aromatic hydroxyl groups is 3. The second-order valence-corrected chi connectivity index (χ2v) is 4.75. The van der Waals surface area contributed by atoms with E-state index in [1.54, 1.807) is 0 Å². The normalized spacial score (nSPS) is 10.8. The SMILES string of the molecule is O=c1c(-c2ccc(O)c([N+](=O)[O-])c2)coc2c(O)c(O)ccc12. The van der Waals surface area contributed by atoms with Crippen LogP contribution < -0.4 is 5.43 Å². The van der Waals surface area contributed by atoms with Gasteiger partial charge in [0.2, 0.25) is 11.2 Å². The maximum Gasteiger partial charge on any atom is 0.311 e. The molecule has 0 bridgehead atoms. The van der Waals surface area contributed by atoms with Gasteiger partial charge >= 0.3 is 5.69 Å². The van der Waals surface area contributed by atoms with Crippen molar-refractivity contribution >= 4 is 16.7 Å². The van der Waals surface area contributed by atoms with E-state index in [0.29, 0.717) is 0 Å². The number of phenolic OH excluding ortho intramolecular Hbond substituents is 3. The molecule has 23 heavy (non-hydrogen) atoms. The van der Waals surface area contributed by atoms with E-state index in [4.69, 9.17) is 4.42 Å². The molecule has 0 aliphatic heterocycles. The number of nitro groups is 1. The van der Waals surface area contributed by atoms with Crippen LogP contribution in [-0.2, 0) is 0 Å². The molecule has 0 unspecified atom stereocenters. The third-order valence-electron chi connectivity index (χ3n) is 3.38. The molecular weight excluding hydrogens is 306 g/mol. The number of hydrogen-bond acceptors (Lipinski definition) is 7. The van der Waals surface area contributed by atoms with Crippen LogP contribution in [-0.4, -0.2) is 20.2 Å². The summed E-state index contributed by atoms with van der Waals surface area (Å²) in [5, 5.41) is 39.4. The van der Waals surface area contributed by atoms with Crippen molar-refractivity contribution in [2.45, 2.75) is 0 Å². The third-order valence-corrected chi connectivity index (χ3v) is 3.38. The molecule has 0 amide bonds. The van der Waals surface area contributed by atoms with E-state index in [0.717, 1.165) is 24.5 Å². The van der Waals surface area contributed by atoms with Gasteiger partial charge in [0, 0.05) is 6.07 Å². The second-order valence-electron chi connectivity index (χ2n) is 4.75. The zero-order valence-corrected chi connectivity index (χ0v) is 11.4. The third kappa shape index (κ3) is 2.22. The predicted molar refractivity (Wildman–Crippen MR) is 79.6 cm³/mol. The lowest BCUT2D eigenvalue weighted by atomic mass is 10.0. The van der Waals surface area contributed by atoms with Crippen LogP contribution >= 0.6 is 0 Å². The van der Waals surface area contributed by atoms with Gasteiger partial charge in [0.15, 0.2) is 17.1 Å². The molecule has 8 heteroatoms. The van der Waals surface area contributed by atoms with Gasteiger partial charge in [-0.1, -0.05) is 0 Å². The first-order chi connectivity index (χ1) is 10.9. The summed E-state index contributed by atoms with van der Waals surface area (Å²) < 4.78 is 5.18. The zero-order valence-electron chi connectivity index (χ0n) is 11.4. The molecule has 3 aromatic rings. The molecule has 8 nitrogen and oxygen atoms in total. The van der Waals surface area contributed by atoms with Crippen LogP contribution in [0.3, 0.4) is 0 Å². The van der Waals surface area contributed by atoms with Gasteiger partial charge in [-0.15, -0.1) is 0 Å². The predicted octanol–water partition coefficient (Wildman–Crippen LogP) is 2.49. The molecule has 116 valence electrons. The molecule has 1 heterocycles. The summed E-state index contributed by atoms with van der Waals surface area (Å²) in [6.07, 6.45) is 1.03. The first-order valence-electron chi connectivity index (χ1n) is 6.34. The summed E-state index contributed by atoms with van der Waals surface area (Å²) >= 11 is 0. The van der Waals surface area contributed by atoms with Crippen LogP contribution in [0.5, 0.6) is 17.2 Å². The molecule has 0 saturated heterocycles. The second kappa shape index (κ2) is 5.02. The maximum absolute atomic E-state index is 12.5. The van der Waals surface area contributed by atoms with Gasteiger partial charge in [-0.3, -0.25) is 14.9 Å².